The summed E-state index contributed by atoms with van der Waals surface area (Å²) in [4.78, 5) is 68.2. The van der Waals surface area contributed by atoms with E-state index in [1.165, 1.54) is 39.3 Å². The van der Waals surface area contributed by atoms with Crippen molar-refractivity contribution in [1.82, 2.24) is 19.9 Å². The Bertz CT molecular complexity index is 1910. The molecule has 0 spiro atoms. The molecule has 6 unspecified atom stereocenters. The average molecular weight is 784 g/mol. The van der Waals surface area contributed by atoms with Gasteiger partial charge in [0.2, 0.25) is 11.9 Å². The molecule has 3 heterocycles. The lowest BCUT2D eigenvalue weighted by atomic mass is 10.1. The maximum atomic E-state index is 12.9. The Morgan fingerprint density at radius 1 is 1.20 bits per heavy atom. The molecule has 1 aliphatic rings. The first kappa shape index (κ1) is 39.3. The second kappa shape index (κ2) is 16.7. The van der Waals surface area contributed by atoms with Gasteiger partial charge in [-0.25, -0.2) is 13.7 Å². The Labute approximate surface area is 286 Å². The van der Waals surface area contributed by atoms with Crippen molar-refractivity contribution in [3.8, 4) is 11.8 Å². The minimum absolute atomic E-state index is 0.00482. The Balaban J connectivity index is 1.68. The van der Waals surface area contributed by atoms with Crippen molar-refractivity contribution >= 4 is 67.9 Å². The zero-order chi connectivity index (χ0) is 36.0. The number of benzene rings is 1. The Hall–Kier alpha value is -2.50. The number of nitrogens with zero attached hydrogens (tertiary/aromatic N) is 2. The van der Waals surface area contributed by atoms with Gasteiger partial charge in [-0.15, -0.1) is 0 Å². The van der Waals surface area contributed by atoms with Crippen LogP contribution in [-0.2, 0) is 41.1 Å². The number of carbonyl (C=O) groups excluding carboxylic acids is 1. The van der Waals surface area contributed by atoms with Crippen molar-refractivity contribution in [3.63, 3.8) is 0 Å². The third-order valence-electron chi connectivity index (χ3n) is 6.30. The summed E-state index contributed by atoms with van der Waals surface area (Å²) in [5.74, 6) is 5.79. The second-order valence-corrected chi connectivity index (χ2v) is 17.1. The fourth-order valence-corrected chi connectivity index (χ4v) is 9.48. The van der Waals surface area contributed by atoms with Gasteiger partial charge in [-0.2, -0.15) is 13.6 Å². The number of phosphoric ester groups is 1. The van der Waals surface area contributed by atoms with Crippen molar-refractivity contribution < 1.29 is 60.7 Å². The van der Waals surface area contributed by atoms with Crippen molar-refractivity contribution in [2.75, 3.05) is 24.6 Å². The van der Waals surface area contributed by atoms with Gasteiger partial charge in [-0.1, -0.05) is 70.7 Å². The van der Waals surface area contributed by atoms with E-state index in [1.54, 1.807) is 0 Å². The standard InChI is InChI=1S/C25H32N5O14P3S2/c1-3-48-49-24(16-8-5-4-6-9-16)42-18-12-20(41-19(18)14-40-46(36,37)44-47(38,39)43-45(33,34)35)30-13-17(10-7-11-27-15(2)31)21-22(30)28-25(26)29-23(21)32/h4-6,8-9,13,18-20,24H,3,11-12,14H2,1-2H3,(H,27,31)(H,36,37)(H,38,39)(H2,33,34,35)(H3,26,28,29,32). The van der Waals surface area contributed by atoms with E-state index in [1.807, 2.05) is 37.3 Å². The normalized spacial score (nSPS) is 21.0. The van der Waals surface area contributed by atoms with Gasteiger partial charge in [-0.05, 0) is 5.56 Å². The lowest BCUT2D eigenvalue weighted by Crippen LogP contribution is -2.29. The molecule has 24 heteroatoms. The quantitative estimate of drug-likeness (QED) is 0.0505. The number of fused-ring (bicyclic) bond motifs is 1. The number of hydrogen-bond acceptors (Lipinski definition) is 14. The molecule has 1 fully saturated rings. The average Bonchev–Trinajstić information content (AvgIpc) is 3.55. The number of nitrogen functional groups attached to an aromatic ring is 1. The summed E-state index contributed by atoms with van der Waals surface area (Å²) in [6, 6.07) is 9.14. The lowest BCUT2D eigenvalue weighted by Gasteiger charge is -2.25. The summed E-state index contributed by atoms with van der Waals surface area (Å²) in [6.07, 6.45) is -1.53. The first-order chi connectivity index (χ1) is 23.0. The van der Waals surface area contributed by atoms with Crippen LogP contribution in [0.15, 0.2) is 41.3 Å². The van der Waals surface area contributed by atoms with Crippen molar-refractivity contribution in [1.29, 1.82) is 0 Å². The number of hydrogen-bond donors (Lipinski definition) is 7. The molecule has 49 heavy (non-hydrogen) atoms. The molecule has 2 aromatic heterocycles. The molecule has 0 bridgehead atoms. The number of aromatic nitrogens is 3. The summed E-state index contributed by atoms with van der Waals surface area (Å²) >= 11 is 0. The summed E-state index contributed by atoms with van der Waals surface area (Å²) in [5.41, 5.74) is 5.75. The maximum Gasteiger partial charge on any atom is 0.490 e. The fraction of sp³-hybridized carbons (Fsp3) is 0.400. The van der Waals surface area contributed by atoms with Gasteiger partial charge in [0.05, 0.1) is 30.2 Å². The highest BCUT2D eigenvalue weighted by Gasteiger charge is 2.44. The molecule has 1 amide bonds. The van der Waals surface area contributed by atoms with Crippen LogP contribution in [0.3, 0.4) is 0 Å². The second-order valence-electron chi connectivity index (χ2n) is 9.98. The van der Waals surface area contributed by atoms with Gasteiger partial charge in [0, 0.05) is 25.3 Å². The number of nitrogens with two attached hydrogens (primary N) is 1. The highest BCUT2D eigenvalue weighted by atomic mass is 33.1. The molecule has 4 rings (SSSR count). The van der Waals surface area contributed by atoms with Crippen molar-refractivity contribution in [2.24, 2.45) is 0 Å². The van der Waals surface area contributed by atoms with Crippen LogP contribution in [0, 0.1) is 11.8 Å². The van der Waals surface area contributed by atoms with E-state index in [0.717, 1.165) is 11.3 Å². The van der Waals surface area contributed by atoms with Crippen LogP contribution in [0.25, 0.3) is 11.0 Å². The van der Waals surface area contributed by atoms with E-state index < -0.39 is 59.5 Å². The van der Waals surface area contributed by atoms with Crippen LogP contribution >= 0.6 is 45.1 Å². The van der Waals surface area contributed by atoms with E-state index in [2.05, 4.69) is 35.7 Å². The van der Waals surface area contributed by atoms with Crippen LogP contribution in [-0.4, -0.2) is 71.1 Å². The number of nitrogens with one attached hydrogen (secondary N) is 2. The van der Waals surface area contributed by atoms with Crippen molar-refractivity contribution in [2.45, 2.75) is 44.1 Å². The van der Waals surface area contributed by atoms with Crippen LogP contribution in [0.2, 0.25) is 0 Å². The topological polar surface area (TPSA) is 284 Å². The van der Waals surface area contributed by atoms with E-state index in [9.17, 15) is 33.1 Å². The van der Waals surface area contributed by atoms with Crippen LogP contribution in [0.1, 0.15) is 43.1 Å². The first-order valence-corrected chi connectivity index (χ1v) is 20.9. The van der Waals surface area contributed by atoms with Gasteiger partial charge in [0.1, 0.15) is 17.8 Å². The fourth-order valence-electron chi connectivity index (χ4n) is 4.49. The lowest BCUT2D eigenvalue weighted by molar-refractivity contribution is -0.118. The molecule has 1 saturated heterocycles. The van der Waals surface area contributed by atoms with Gasteiger partial charge < -0.3 is 44.7 Å². The number of amides is 1. The number of carbonyl (C=O) groups is 1. The van der Waals surface area contributed by atoms with E-state index in [0.29, 0.717) is 0 Å². The zero-order valence-electron chi connectivity index (χ0n) is 25.6. The summed E-state index contributed by atoms with van der Waals surface area (Å²) in [7, 11) is -14.0. The molecule has 8 N–H and O–H groups in total. The highest BCUT2D eigenvalue weighted by molar-refractivity contribution is 8.76. The molecule has 1 aromatic carbocycles. The number of anilines is 1. The van der Waals surface area contributed by atoms with Crippen LogP contribution in [0.5, 0.6) is 0 Å². The zero-order valence-corrected chi connectivity index (χ0v) is 29.9. The minimum atomic E-state index is -5.77. The number of H-pyrrole nitrogens is 1. The predicted molar refractivity (Wildman–Crippen MR) is 178 cm³/mol. The van der Waals surface area contributed by atoms with E-state index in [4.69, 9.17) is 29.5 Å². The molecule has 1 aliphatic heterocycles. The van der Waals surface area contributed by atoms with Crippen molar-refractivity contribution in [3.05, 3.63) is 58.0 Å². The molecule has 3 aromatic rings. The first-order valence-electron chi connectivity index (χ1n) is 14.0. The van der Waals surface area contributed by atoms with Gasteiger partial charge in [0.15, 0.2) is 5.65 Å². The van der Waals surface area contributed by atoms with E-state index in [-0.39, 0.29) is 41.4 Å². The molecule has 268 valence electrons. The number of aromatic amines is 1. The molecule has 0 saturated carbocycles. The Morgan fingerprint density at radius 3 is 2.57 bits per heavy atom. The third kappa shape index (κ3) is 11.5. The minimum Gasteiger partial charge on any atom is -0.369 e. The molecule has 19 nitrogen and oxygen atoms in total. The summed E-state index contributed by atoms with van der Waals surface area (Å²) in [6.45, 7) is 2.48. The SMILES string of the molecule is CCSSC(OC1CC(n2cc(C#CCNC(C)=O)c3c(=O)[nH]c(N)nc32)OC1COP(=O)(O)OP(=O)(O)OP(=O)(O)O)c1ccccc1. The molecular formula is C25H32N5O14P3S2. The third-order valence-corrected chi connectivity index (χ3v) is 12.7. The van der Waals surface area contributed by atoms with Crippen LogP contribution < -0.4 is 16.6 Å². The predicted octanol–water partition coefficient (Wildman–Crippen LogP) is 2.91. The molecule has 0 radical (unpaired) electrons. The van der Waals surface area contributed by atoms with Crippen LogP contribution in [0.4, 0.5) is 5.95 Å². The molecule has 0 aliphatic carbocycles. The Kier molecular flexibility index (Phi) is 13.4. The maximum absolute atomic E-state index is 12.9. The van der Waals surface area contributed by atoms with Gasteiger partial charge >= 0.3 is 23.5 Å². The highest BCUT2D eigenvalue weighted by Crippen LogP contribution is 2.66. The van der Waals surface area contributed by atoms with Gasteiger partial charge in [0.25, 0.3) is 5.56 Å². The number of phosphoric acid groups is 3. The van der Waals surface area contributed by atoms with Gasteiger partial charge in [-0.3, -0.25) is 19.1 Å². The summed E-state index contributed by atoms with van der Waals surface area (Å²) in [5, 5.41) is 2.59. The number of rotatable bonds is 15. The smallest absolute Gasteiger partial charge is 0.369 e. The number of ether oxygens (including phenoxy) is 2. The monoisotopic (exact) mass is 783 g/mol. The summed E-state index contributed by atoms with van der Waals surface area (Å²) < 4.78 is 62.1. The molecule has 6 atom stereocenters. The molecular weight excluding hydrogens is 751 g/mol. The van der Waals surface area contributed by atoms with E-state index >= 15 is 0 Å². The largest absolute Gasteiger partial charge is 0.490 e. The Morgan fingerprint density at radius 2 is 1.92 bits per heavy atom.